The zero-order valence-corrected chi connectivity index (χ0v) is 14.7. The molecule has 1 N–H and O–H groups in total. The van der Waals surface area contributed by atoms with Gasteiger partial charge in [0.05, 0.1) is 30.6 Å². The number of alkyl halides is 3. The molecule has 27 heavy (non-hydrogen) atoms. The highest BCUT2D eigenvalue weighted by molar-refractivity contribution is 5.69. The summed E-state index contributed by atoms with van der Waals surface area (Å²) in [4.78, 5) is 11.1. The average molecular weight is 380 g/mol. The second-order valence-electron chi connectivity index (χ2n) is 6.80. The molecule has 7 heteroatoms. The van der Waals surface area contributed by atoms with E-state index in [9.17, 15) is 18.0 Å². The standard InChI is InChI=1S/C20H19F3O4/c1-13-2-3-14(8-17(13)20(21,22)23)10-27-16-6-4-15(5-7-16)19(9-18(24)25)11-26-12-19/h2-8H,9-12H2,1H3,(H,24,25). The van der Waals surface area contributed by atoms with Crippen molar-refractivity contribution in [2.75, 3.05) is 13.2 Å². The van der Waals surface area contributed by atoms with Crippen molar-refractivity contribution in [3.63, 3.8) is 0 Å². The molecule has 2 aromatic rings. The lowest BCUT2D eigenvalue weighted by Crippen LogP contribution is -2.48. The molecule has 3 rings (SSSR count). The van der Waals surface area contributed by atoms with Crippen LogP contribution in [0, 0.1) is 6.92 Å². The van der Waals surface area contributed by atoms with Gasteiger partial charge >= 0.3 is 12.1 Å². The molecular weight excluding hydrogens is 361 g/mol. The first kappa shape index (κ1) is 19.2. The molecule has 0 amide bonds. The van der Waals surface area contributed by atoms with Crippen molar-refractivity contribution in [2.45, 2.75) is 31.5 Å². The van der Waals surface area contributed by atoms with Gasteiger partial charge in [-0.05, 0) is 41.8 Å². The number of hydrogen-bond acceptors (Lipinski definition) is 3. The molecule has 0 bridgehead atoms. The highest BCUT2D eigenvalue weighted by Gasteiger charge is 2.42. The first-order valence-corrected chi connectivity index (χ1v) is 8.39. The molecule has 1 heterocycles. The minimum absolute atomic E-state index is 0.00604. The first-order chi connectivity index (χ1) is 12.7. The van der Waals surface area contributed by atoms with Crippen LogP contribution in [0.2, 0.25) is 0 Å². The summed E-state index contributed by atoms with van der Waals surface area (Å²) in [5, 5.41) is 9.08. The lowest BCUT2D eigenvalue weighted by Gasteiger charge is -2.40. The van der Waals surface area contributed by atoms with E-state index in [1.807, 2.05) is 0 Å². The Balaban J connectivity index is 1.68. The molecule has 1 aliphatic heterocycles. The number of carbonyl (C=O) groups is 1. The summed E-state index contributed by atoms with van der Waals surface area (Å²) in [5.74, 6) is -0.392. The van der Waals surface area contributed by atoms with E-state index in [1.54, 1.807) is 30.3 Å². The van der Waals surface area contributed by atoms with Gasteiger partial charge in [-0.25, -0.2) is 0 Å². The molecule has 1 saturated heterocycles. The molecule has 0 unspecified atom stereocenters. The van der Waals surface area contributed by atoms with E-state index < -0.39 is 23.1 Å². The number of rotatable bonds is 6. The fourth-order valence-electron chi connectivity index (χ4n) is 3.14. The number of halogens is 3. The van der Waals surface area contributed by atoms with E-state index in [1.165, 1.54) is 13.0 Å². The van der Waals surface area contributed by atoms with E-state index >= 15 is 0 Å². The third-order valence-corrected chi connectivity index (χ3v) is 4.73. The van der Waals surface area contributed by atoms with Crippen molar-refractivity contribution in [1.29, 1.82) is 0 Å². The molecule has 144 valence electrons. The van der Waals surface area contributed by atoms with Gasteiger partial charge in [0.2, 0.25) is 0 Å². The fraction of sp³-hybridized carbons (Fsp3) is 0.350. The van der Waals surface area contributed by atoms with Crippen LogP contribution in [0.1, 0.15) is 28.7 Å². The van der Waals surface area contributed by atoms with Crippen LogP contribution in [-0.2, 0) is 27.7 Å². The maximum Gasteiger partial charge on any atom is 0.416 e. The van der Waals surface area contributed by atoms with Crippen molar-refractivity contribution >= 4 is 5.97 Å². The van der Waals surface area contributed by atoms with E-state index in [0.717, 1.165) is 11.6 Å². The summed E-state index contributed by atoms with van der Waals surface area (Å²) >= 11 is 0. The Morgan fingerprint density at radius 3 is 2.37 bits per heavy atom. The van der Waals surface area contributed by atoms with Crippen LogP contribution in [0.4, 0.5) is 13.2 Å². The van der Waals surface area contributed by atoms with Gasteiger partial charge in [0.15, 0.2) is 0 Å². The zero-order valence-electron chi connectivity index (χ0n) is 14.7. The predicted molar refractivity (Wildman–Crippen MR) is 91.7 cm³/mol. The second-order valence-corrected chi connectivity index (χ2v) is 6.80. The maximum absolute atomic E-state index is 13.0. The van der Waals surface area contributed by atoms with Crippen LogP contribution < -0.4 is 4.74 Å². The fourth-order valence-corrected chi connectivity index (χ4v) is 3.14. The van der Waals surface area contributed by atoms with E-state index in [2.05, 4.69) is 0 Å². The van der Waals surface area contributed by atoms with Gasteiger partial charge in [0.1, 0.15) is 12.4 Å². The summed E-state index contributed by atoms with van der Waals surface area (Å²) in [7, 11) is 0. The quantitative estimate of drug-likeness (QED) is 0.810. The zero-order chi connectivity index (χ0) is 19.7. The third-order valence-electron chi connectivity index (χ3n) is 4.73. The summed E-state index contributed by atoms with van der Waals surface area (Å²) in [6.07, 6.45) is -4.41. The molecular formula is C20H19F3O4. The second kappa shape index (κ2) is 7.23. The molecule has 0 aromatic heterocycles. The number of aryl methyl sites for hydroxylation is 1. The average Bonchev–Trinajstić information content (AvgIpc) is 2.57. The number of carboxylic acids is 1. The van der Waals surface area contributed by atoms with Crippen molar-refractivity contribution in [3.8, 4) is 5.75 Å². The number of aliphatic carboxylic acids is 1. The number of hydrogen-bond donors (Lipinski definition) is 1. The number of carboxylic acid groups (broad SMARTS) is 1. The molecule has 1 fully saturated rings. The molecule has 0 atom stereocenters. The van der Waals surface area contributed by atoms with E-state index in [4.69, 9.17) is 14.6 Å². The summed E-state index contributed by atoms with van der Waals surface area (Å²) < 4.78 is 49.7. The van der Waals surface area contributed by atoms with Crippen LogP contribution in [0.25, 0.3) is 0 Å². The Labute approximate surface area is 154 Å². The predicted octanol–water partition coefficient (Wildman–Crippen LogP) is 4.34. The Morgan fingerprint density at radius 1 is 1.19 bits per heavy atom. The maximum atomic E-state index is 13.0. The lowest BCUT2D eigenvalue weighted by molar-refractivity contribution is -0.145. The van der Waals surface area contributed by atoms with Crippen LogP contribution >= 0.6 is 0 Å². The van der Waals surface area contributed by atoms with Crippen molar-refractivity contribution in [2.24, 2.45) is 0 Å². The molecule has 2 aromatic carbocycles. The molecule has 0 aliphatic carbocycles. The summed E-state index contributed by atoms with van der Waals surface area (Å²) in [5.41, 5.74) is 0.245. The van der Waals surface area contributed by atoms with Crippen LogP contribution in [0.3, 0.4) is 0 Å². The van der Waals surface area contributed by atoms with Crippen LogP contribution in [0.15, 0.2) is 42.5 Å². The Kier molecular flexibility index (Phi) is 5.15. The molecule has 1 aliphatic rings. The van der Waals surface area contributed by atoms with Crippen LogP contribution in [0.5, 0.6) is 5.75 Å². The van der Waals surface area contributed by atoms with Gasteiger partial charge in [0, 0.05) is 0 Å². The number of benzene rings is 2. The molecule has 4 nitrogen and oxygen atoms in total. The topological polar surface area (TPSA) is 55.8 Å². The largest absolute Gasteiger partial charge is 0.489 e. The molecule has 0 radical (unpaired) electrons. The van der Waals surface area contributed by atoms with Crippen LogP contribution in [-0.4, -0.2) is 24.3 Å². The SMILES string of the molecule is Cc1ccc(COc2ccc(C3(CC(=O)O)COC3)cc2)cc1C(F)(F)F. The highest BCUT2D eigenvalue weighted by atomic mass is 19.4. The van der Waals surface area contributed by atoms with Gasteiger partial charge < -0.3 is 14.6 Å². The lowest BCUT2D eigenvalue weighted by atomic mass is 9.76. The minimum atomic E-state index is -4.40. The third kappa shape index (κ3) is 4.24. The van der Waals surface area contributed by atoms with Gasteiger partial charge in [0.25, 0.3) is 0 Å². The van der Waals surface area contributed by atoms with E-state index in [0.29, 0.717) is 24.5 Å². The molecule has 0 spiro atoms. The molecule has 0 saturated carbocycles. The van der Waals surface area contributed by atoms with Gasteiger partial charge in [-0.1, -0.05) is 24.3 Å². The first-order valence-electron chi connectivity index (χ1n) is 8.39. The van der Waals surface area contributed by atoms with Crippen molar-refractivity contribution in [1.82, 2.24) is 0 Å². The Hall–Kier alpha value is -2.54. The van der Waals surface area contributed by atoms with Crippen molar-refractivity contribution in [3.05, 3.63) is 64.7 Å². The normalized spacial score (nSPS) is 15.9. The highest BCUT2D eigenvalue weighted by Crippen LogP contribution is 2.37. The van der Waals surface area contributed by atoms with Gasteiger partial charge in [-0.15, -0.1) is 0 Å². The number of ether oxygens (including phenoxy) is 2. The van der Waals surface area contributed by atoms with Crippen molar-refractivity contribution < 1.29 is 32.5 Å². The summed E-state index contributed by atoms with van der Waals surface area (Å²) in [6, 6.07) is 11.1. The summed E-state index contributed by atoms with van der Waals surface area (Å²) in [6.45, 7) is 2.13. The monoisotopic (exact) mass is 380 g/mol. The smallest absolute Gasteiger partial charge is 0.416 e. The van der Waals surface area contributed by atoms with Gasteiger partial charge in [-0.2, -0.15) is 13.2 Å². The van der Waals surface area contributed by atoms with E-state index in [-0.39, 0.29) is 18.6 Å². The Morgan fingerprint density at radius 2 is 1.85 bits per heavy atom. The minimum Gasteiger partial charge on any atom is -0.489 e. The Bertz CT molecular complexity index is 824. The van der Waals surface area contributed by atoms with Gasteiger partial charge in [-0.3, -0.25) is 4.79 Å².